The van der Waals surface area contributed by atoms with Crippen molar-refractivity contribution in [3.63, 3.8) is 0 Å². The summed E-state index contributed by atoms with van der Waals surface area (Å²) in [4.78, 5) is 11.2. The van der Waals surface area contributed by atoms with Crippen molar-refractivity contribution in [1.82, 2.24) is 5.32 Å². The molecular formula is C17H27NO3. The molecule has 0 saturated heterocycles. The average Bonchev–Trinajstić information content (AvgIpc) is 2.33. The number of ether oxygens (including phenoxy) is 1. The molecule has 1 atom stereocenters. The second-order valence-corrected chi connectivity index (χ2v) is 6.77. The Morgan fingerprint density at radius 2 is 1.95 bits per heavy atom. The molecule has 1 aromatic carbocycles. The van der Waals surface area contributed by atoms with Gasteiger partial charge in [0.1, 0.15) is 18.4 Å². The molecule has 2 N–H and O–H groups in total. The van der Waals surface area contributed by atoms with Crippen molar-refractivity contribution in [3.8, 4) is 5.75 Å². The zero-order chi connectivity index (χ0) is 16.2. The number of hydrogen-bond acceptors (Lipinski definition) is 3. The first-order chi connectivity index (χ1) is 9.61. The minimum Gasteiger partial charge on any atom is -0.491 e. The maximum atomic E-state index is 11.2. The lowest BCUT2D eigenvalue weighted by molar-refractivity contribution is -0.140. The van der Waals surface area contributed by atoms with E-state index < -0.39 is 12.0 Å². The van der Waals surface area contributed by atoms with Crippen LogP contribution >= 0.6 is 0 Å². The molecule has 0 aromatic heterocycles. The fourth-order valence-corrected chi connectivity index (χ4v) is 2.12. The van der Waals surface area contributed by atoms with Crippen molar-refractivity contribution >= 4 is 5.97 Å². The molecule has 0 aliphatic heterocycles. The summed E-state index contributed by atoms with van der Waals surface area (Å²) in [5, 5.41) is 12.2. The Kier molecular flexibility index (Phi) is 5.78. The lowest BCUT2D eigenvalue weighted by Gasteiger charge is -2.25. The quantitative estimate of drug-likeness (QED) is 0.846. The van der Waals surface area contributed by atoms with E-state index in [1.807, 2.05) is 32.9 Å². The maximum Gasteiger partial charge on any atom is 0.324 e. The van der Waals surface area contributed by atoms with Crippen LogP contribution < -0.4 is 10.1 Å². The van der Waals surface area contributed by atoms with Crippen LogP contribution in [-0.4, -0.2) is 29.8 Å². The molecule has 4 heteroatoms. The summed E-state index contributed by atoms with van der Waals surface area (Å²) in [7, 11) is 0. The van der Waals surface area contributed by atoms with Crippen LogP contribution in [0.3, 0.4) is 0 Å². The number of benzene rings is 1. The van der Waals surface area contributed by atoms with Crippen molar-refractivity contribution in [2.75, 3.05) is 6.61 Å². The highest BCUT2D eigenvalue weighted by Gasteiger charge is 2.22. The summed E-state index contributed by atoms with van der Waals surface area (Å²) in [6.07, 6.45) is 0. The number of hydrogen-bond donors (Lipinski definition) is 2. The van der Waals surface area contributed by atoms with E-state index in [-0.39, 0.29) is 18.1 Å². The summed E-state index contributed by atoms with van der Waals surface area (Å²) < 4.78 is 5.80. The second kappa shape index (κ2) is 6.94. The molecule has 0 aliphatic rings. The van der Waals surface area contributed by atoms with Gasteiger partial charge in [-0.2, -0.15) is 0 Å². The number of carboxylic acid groups (broad SMARTS) is 1. The predicted molar refractivity (Wildman–Crippen MR) is 85.1 cm³/mol. The summed E-state index contributed by atoms with van der Waals surface area (Å²) in [5.74, 6) is -0.141. The SMILES string of the molecule is Cc1ccc(OCC(NC(C)C)C(=O)O)c(C(C)(C)C)c1. The van der Waals surface area contributed by atoms with Crippen LogP contribution in [0.5, 0.6) is 5.75 Å². The van der Waals surface area contributed by atoms with E-state index in [2.05, 4.69) is 32.2 Å². The molecule has 118 valence electrons. The molecule has 0 amide bonds. The van der Waals surface area contributed by atoms with Crippen molar-refractivity contribution in [2.45, 2.75) is 59.0 Å². The minimum atomic E-state index is -0.895. The van der Waals surface area contributed by atoms with Gasteiger partial charge in [-0.05, 0) is 24.0 Å². The third-order valence-electron chi connectivity index (χ3n) is 3.18. The van der Waals surface area contributed by atoms with E-state index in [1.165, 1.54) is 5.56 Å². The monoisotopic (exact) mass is 293 g/mol. The van der Waals surface area contributed by atoms with Gasteiger partial charge in [-0.1, -0.05) is 52.3 Å². The highest BCUT2D eigenvalue weighted by Crippen LogP contribution is 2.32. The largest absolute Gasteiger partial charge is 0.491 e. The molecule has 0 aliphatic carbocycles. The van der Waals surface area contributed by atoms with Crippen LogP contribution in [0.2, 0.25) is 0 Å². The van der Waals surface area contributed by atoms with Gasteiger partial charge in [-0.3, -0.25) is 10.1 Å². The fraction of sp³-hybridized carbons (Fsp3) is 0.588. The van der Waals surface area contributed by atoms with Gasteiger partial charge in [-0.15, -0.1) is 0 Å². The standard InChI is InChI=1S/C17H27NO3/c1-11(2)18-14(16(19)20)10-21-15-8-7-12(3)9-13(15)17(4,5)6/h7-9,11,14,18H,10H2,1-6H3,(H,19,20). The number of nitrogens with one attached hydrogen (secondary N) is 1. The third-order valence-corrected chi connectivity index (χ3v) is 3.18. The molecule has 0 radical (unpaired) electrons. The first-order valence-corrected chi connectivity index (χ1v) is 7.34. The van der Waals surface area contributed by atoms with Crippen LogP contribution in [0, 0.1) is 6.92 Å². The maximum absolute atomic E-state index is 11.2. The molecule has 0 bridgehead atoms. The molecule has 4 nitrogen and oxygen atoms in total. The van der Waals surface area contributed by atoms with E-state index in [9.17, 15) is 9.90 Å². The molecule has 1 unspecified atom stereocenters. The Hall–Kier alpha value is -1.55. The Bertz CT molecular complexity index is 489. The minimum absolute atomic E-state index is 0.0500. The summed E-state index contributed by atoms with van der Waals surface area (Å²) in [6, 6.07) is 5.38. The van der Waals surface area contributed by atoms with Crippen LogP contribution in [0.4, 0.5) is 0 Å². The van der Waals surface area contributed by atoms with Gasteiger partial charge in [0.15, 0.2) is 0 Å². The molecule has 21 heavy (non-hydrogen) atoms. The first-order valence-electron chi connectivity index (χ1n) is 7.34. The van der Waals surface area contributed by atoms with Gasteiger partial charge in [-0.25, -0.2) is 0 Å². The van der Waals surface area contributed by atoms with E-state index >= 15 is 0 Å². The topological polar surface area (TPSA) is 58.6 Å². The van der Waals surface area contributed by atoms with E-state index in [1.54, 1.807) is 0 Å². The summed E-state index contributed by atoms with van der Waals surface area (Å²) in [5.41, 5.74) is 2.21. The summed E-state index contributed by atoms with van der Waals surface area (Å²) in [6.45, 7) is 12.4. The number of carboxylic acids is 1. The van der Waals surface area contributed by atoms with Gasteiger partial charge in [0.25, 0.3) is 0 Å². The van der Waals surface area contributed by atoms with Crippen molar-refractivity contribution in [3.05, 3.63) is 29.3 Å². The van der Waals surface area contributed by atoms with Gasteiger partial charge in [0.05, 0.1) is 0 Å². The van der Waals surface area contributed by atoms with E-state index in [0.29, 0.717) is 0 Å². The molecule has 1 aromatic rings. The number of rotatable bonds is 6. The Balaban J connectivity index is 2.90. The van der Waals surface area contributed by atoms with Crippen molar-refractivity contribution < 1.29 is 14.6 Å². The average molecular weight is 293 g/mol. The van der Waals surface area contributed by atoms with Crippen LogP contribution in [0.25, 0.3) is 0 Å². The van der Waals surface area contributed by atoms with Crippen molar-refractivity contribution in [1.29, 1.82) is 0 Å². The lowest BCUT2D eigenvalue weighted by Crippen LogP contribution is -2.45. The molecule has 1 rings (SSSR count). The van der Waals surface area contributed by atoms with Crippen molar-refractivity contribution in [2.24, 2.45) is 0 Å². The highest BCUT2D eigenvalue weighted by molar-refractivity contribution is 5.73. The molecule has 0 spiro atoms. The molecule has 0 saturated carbocycles. The van der Waals surface area contributed by atoms with E-state index in [0.717, 1.165) is 11.3 Å². The van der Waals surface area contributed by atoms with Gasteiger partial charge in [0, 0.05) is 6.04 Å². The van der Waals surface area contributed by atoms with E-state index in [4.69, 9.17) is 4.74 Å². The molecule has 0 fully saturated rings. The van der Waals surface area contributed by atoms with Gasteiger partial charge < -0.3 is 9.84 Å². The normalized spacial score (nSPS) is 13.3. The highest BCUT2D eigenvalue weighted by atomic mass is 16.5. The van der Waals surface area contributed by atoms with Crippen LogP contribution in [0.15, 0.2) is 18.2 Å². The zero-order valence-electron chi connectivity index (χ0n) is 13.9. The Labute approximate surface area is 127 Å². The fourth-order valence-electron chi connectivity index (χ4n) is 2.12. The smallest absolute Gasteiger partial charge is 0.324 e. The Morgan fingerprint density at radius 3 is 2.43 bits per heavy atom. The summed E-state index contributed by atoms with van der Waals surface area (Å²) >= 11 is 0. The van der Waals surface area contributed by atoms with Crippen LogP contribution in [-0.2, 0) is 10.2 Å². The number of aryl methyl sites for hydroxylation is 1. The predicted octanol–water partition coefficient (Wildman–Crippen LogP) is 3.12. The molecule has 0 heterocycles. The third kappa shape index (κ3) is 5.38. The van der Waals surface area contributed by atoms with Crippen LogP contribution in [0.1, 0.15) is 45.7 Å². The number of carbonyl (C=O) groups is 1. The zero-order valence-corrected chi connectivity index (χ0v) is 13.9. The molecular weight excluding hydrogens is 266 g/mol. The van der Waals surface area contributed by atoms with Gasteiger partial charge >= 0.3 is 5.97 Å². The second-order valence-electron chi connectivity index (χ2n) is 6.77. The first kappa shape index (κ1) is 17.5. The van der Waals surface area contributed by atoms with Gasteiger partial charge in [0.2, 0.25) is 0 Å². The Morgan fingerprint density at radius 1 is 1.33 bits per heavy atom. The lowest BCUT2D eigenvalue weighted by atomic mass is 9.85. The number of aliphatic carboxylic acids is 1.